The Hall–Kier alpha value is -3.87. The van der Waals surface area contributed by atoms with E-state index in [0.717, 1.165) is 10.9 Å². The summed E-state index contributed by atoms with van der Waals surface area (Å²) in [5.74, 6) is -0.570. The maximum absolute atomic E-state index is 12.6. The van der Waals surface area contributed by atoms with Gasteiger partial charge in [0, 0.05) is 17.1 Å². The minimum absolute atomic E-state index is 0.284. The number of amides is 1. The van der Waals surface area contributed by atoms with Gasteiger partial charge in [0.25, 0.3) is 5.91 Å². The molecule has 0 spiro atoms. The maximum Gasteiger partial charge on any atom is 0.573 e. The molecule has 4 rings (SSSR count). The SMILES string of the molecule is O=C(Nc1cccc2cccnc12)c1ccc(-c2ccc(OC(F)(F)F)cc2)cc1. The first-order valence-corrected chi connectivity index (χ1v) is 9.00. The molecule has 0 bridgehead atoms. The number of alkyl halides is 3. The topological polar surface area (TPSA) is 51.2 Å². The van der Waals surface area contributed by atoms with Gasteiger partial charge in [0.15, 0.2) is 0 Å². The molecule has 0 aliphatic carbocycles. The van der Waals surface area contributed by atoms with E-state index in [2.05, 4.69) is 15.0 Å². The molecule has 0 saturated heterocycles. The number of carbonyl (C=O) groups is 1. The highest BCUT2D eigenvalue weighted by Gasteiger charge is 2.30. The zero-order chi connectivity index (χ0) is 21.1. The van der Waals surface area contributed by atoms with Gasteiger partial charge in [-0.1, -0.05) is 42.5 Å². The molecule has 1 N–H and O–H groups in total. The second kappa shape index (κ2) is 7.87. The summed E-state index contributed by atoms with van der Waals surface area (Å²) in [6, 6.07) is 21.6. The second-order valence-electron chi connectivity index (χ2n) is 6.48. The number of hydrogen-bond acceptors (Lipinski definition) is 3. The van der Waals surface area contributed by atoms with E-state index in [1.807, 2.05) is 24.3 Å². The fraction of sp³-hybridized carbons (Fsp3) is 0.0435. The number of nitrogens with zero attached hydrogens (tertiary/aromatic N) is 1. The number of anilines is 1. The zero-order valence-corrected chi connectivity index (χ0v) is 15.5. The van der Waals surface area contributed by atoms with Crippen molar-refractivity contribution in [2.24, 2.45) is 0 Å². The summed E-state index contributed by atoms with van der Waals surface area (Å²) in [5.41, 5.74) is 3.23. The van der Waals surface area contributed by atoms with Crippen molar-refractivity contribution in [2.75, 3.05) is 5.32 Å². The van der Waals surface area contributed by atoms with Crippen molar-refractivity contribution >= 4 is 22.5 Å². The number of aromatic nitrogens is 1. The Morgan fingerprint density at radius 2 is 1.47 bits per heavy atom. The van der Waals surface area contributed by atoms with Gasteiger partial charge in [-0.3, -0.25) is 9.78 Å². The summed E-state index contributed by atoms with van der Waals surface area (Å²) in [5, 5.41) is 3.79. The number of benzene rings is 3. The fourth-order valence-electron chi connectivity index (χ4n) is 3.06. The van der Waals surface area contributed by atoms with Gasteiger partial charge in [-0.15, -0.1) is 13.2 Å². The second-order valence-corrected chi connectivity index (χ2v) is 6.48. The summed E-state index contributed by atoms with van der Waals surface area (Å²) in [6.45, 7) is 0. The average Bonchev–Trinajstić information content (AvgIpc) is 2.73. The van der Waals surface area contributed by atoms with Crippen LogP contribution in [-0.4, -0.2) is 17.3 Å². The van der Waals surface area contributed by atoms with Crippen molar-refractivity contribution in [1.29, 1.82) is 0 Å². The van der Waals surface area contributed by atoms with Gasteiger partial charge in [-0.2, -0.15) is 0 Å². The molecule has 0 unspecified atom stereocenters. The molecule has 1 amide bonds. The Morgan fingerprint density at radius 3 is 2.13 bits per heavy atom. The van der Waals surface area contributed by atoms with E-state index in [1.165, 1.54) is 24.3 Å². The van der Waals surface area contributed by atoms with Crippen molar-refractivity contribution in [2.45, 2.75) is 6.36 Å². The van der Waals surface area contributed by atoms with Gasteiger partial charge in [0.05, 0.1) is 11.2 Å². The predicted octanol–water partition coefficient (Wildman–Crippen LogP) is 6.05. The van der Waals surface area contributed by atoms with Crippen LogP contribution in [0, 0.1) is 0 Å². The van der Waals surface area contributed by atoms with E-state index in [9.17, 15) is 18.0 Å². The lowest BCUT2D eigenvalue weighted by Crippen LogP contribution is -2.16. The summed E-state index contributed by atoms with van der Waals surface area (Å²) < 4.78 is 40.7. The van der Waals surface area contributed by atoms with Crippen molar-refractivity contribution in [1.82, 2.24) is 4.98 Å². The van der Waals surface area contributed by atoms with Crippen molar-refractivity contribution in [3.8, 4) is 16.9 Å². The molecule has 30 heavy (non-hydrogen) atoms. The van der Waals surface area contributed by atoms with E-state index < -0.39 is 6.36 Å². The fourth-order valence-corrected chi connectivity index (χ4v) is 3.06. The number of fused-ring (bicyclic) bond motifs is 1. The number of rotatable bonds is 4. The molecule has 150 valence electrons. The third-order valence-electron chi connectivity index (χ3n) is 4.45. The van der Waals surface area contributed by atoms with Gasteiger partial charge < -0.3 is 10.1 Å². The van der Waals surface area contributed by atoms with Gasteiger partial charge in [0.1, 0.15) is 5.75 Å². The van der Waals surface area contributed by atoms with E-state index in [1.54, 1.807) is 36.5 Å². The van der Waals surface area contributed by atoms with Crippen LogP contribution in [0.1, 0.15) is 10.4 Å². The van der Waals surface area contributed by atoms with E-state index in [0.29, 0.717) is 22.3 Å². The van der Waals surface area contributed by atoms with Crippen LogP contribution in [0.2, 0.25) is 0 Å². The number of ether oxygens (including phenoxy) is 1. The first-order chi connectivity index (χ1) is 14.4. The number of nitrogens with one attached hydrogen (secondary N) is 1. The van der Waals surface area contributed by atoms with Crippen LogP contribution in [0.5, 0.6) is 5.75 Å². The lowest BCUT2D eigenvalue weighted by Gasteiger charge is -2.10. The van der Waals surface area contributed by atoms with Crippen LogP contribution >= 0.6 is 0 Å². The van der Waals surface area contributed by atoms with Crippen molar-refractivity contribution in [3.05, 3.63) is 90.6 Å². The van der Waals surface area contributed by atoms with Gasteiger partial charge in [-0.25, -0.2) is 0 Å². The highest BCUT2D eigenvalue weighted by atomic mass is 19.4. The van der Waals surface area contributed by atoms with Crippen LogP contribution in [0.4, 0.5) is 18.9 Å². The molecule has 0 aliphatic rings. The molecule has 7 heteroatoms. The Bertz CT molecular complexity index is 1180. The quantitative estimate of drug-likeness (QED) is 0.447. The molecule has 0 saturated carbocycles. The largest absolute Gasteiger partial charge is 0.573 e. The van der Waals surface area contributed by atoms with Crippen molar-refractivity contribution in [3.63, 3.8) is 0 Å². The van der Waals surface area contributed by atoms with Crippen molar-refractivity contribution < 1.29 is 22.7 Å². The lowest BCUT2D eigenvalue weighted by atomic mass is 10.0. The number of pyridine rings is 1. The van der Waals surface area contributed by atoms with Crippen LogP contribution in [0.3, 0.4) is 0 Å². The molecule has 0 fully saturated rings. The molecular formula is C23H15F3N2O2. The zero-order valence-electron chi connectivity index (χ0n) is 15.5. The number of halogens is 3. The Balaban J connectivity index is 1.50. The van der Waals surface area contributed by atoms with E-state index in [-0.39, 0.29) is 11.7 Å². The van der Waals surface area contributed by atoms with Crippen LogP contribution in [0.25, 0.3) is 22.0 Å². The molecule has 4 aromatic rings. The minimum atomic E-state index is -4.73. The summed E-state index contributed by atoms with van der Waals surface area (Å²) >= 11 is 0. The first kappa shape index (κ1) is 19.4. The average molecular weight is 408 g/mol. The predicted molar refractivity (Wildman–Crippen MR) is 108 cm³/mol. The van der Waals surface area contributed by atoms with Gasteiger partial charge in [-0.05, 0) is 47.5 Å². The summed E-state index contributed by atoms with van der Waals surface area (Å²) in [7, 11) is 0. The standard InChI is InChI=1S/C23H15F3N2O2/c24-23(25,26)30-19-12-10-16(11-13-19)15-6-8-18(9-7-15)22(29)28-20-5-1-3-17-4-2-14-27-21(17)20/h1-14H,(H,28,29). The normalized spacial score (nSPS) is 11.3. The van der Waals surface area contributed by atoms with Crippen LogP contribution in [-0.2, 0) is 0 Å². The Morgan fingerprint density at radius 1 is 0.833 bits per heavy atom. The van der Waals surface area contributed by atoms with Crippen LogP contribution in [0.15, 0.2) is 85.1 Å². The monoisotopic (exact) mass is 408 g/mol. The van der Waals surface area contributed by atoms with E-state index in [4.69, 9.17) is 0 Å². The molecule has 1 aromatic heterocycles. The lowest BCUT2D eigenvalue weighted by molar-refractivity contribution is -0.274. The molecule has 1 heterocycles. The minimum Gasteiger partial charge on any atom is -0.406 e. The number of para-hydroxylation sites is 1. The highest BCUT2D eigenvalue weighted by molar-refractivity contribution is 6.08. The number of carbonyl (C=O) groups excluding carboxylic acids is 1. The molecule has 0 atom stereocenters. The smallest absolute Gasteiger partial charge is 0.406 e. The van der Waals surface area contributed by atoms with Gasteiger partial charge in [0.2, 0.25) is 0 Å². The Labute approximate surface area is 169 Å². The molecule has 0 aliphatic heterocycles. The Kier molecular flexibility index (Phi) is 5.10. The molecule has 0 radical (unpaired) electrons. The molecule has 3 aromatic carbocycles. The molecule has 4 nitrogen and oxygen atoms in total. The highest BCUT2D eigenvalue weighted by Crippen LogP contribution is 2.27. The summed E-state index contributed by atoms with van der Waals surface area (Å²) in [4.78, 5) is 16.9. The third kappa shape index (κ3) is 4.41. The first-order valence-electron chi connectivity index (χ1n) is 9.00. The van der Waals surface area contributed by atoms with Gasteiger partial charge >= 0.3 is 6.36 Å². The number of hydrogen-bond donors (Lipinski definition) is 1. The summed E-state index contributed by atoms with van der Waals surface area (Å²) in [6.07, 6.45) is -3.06. The van der Waals surface area contributed by atoms with Crippen LogP contribution < -0.4 is 10.1 Å². The maximum atomic E-state index is 12.6. The third-order valence-corrected chi connectivity index (χ3v) is 4.45. The molecular weight excluding hydrogens is 393 g/mol. The van der Waals surface area contributed by atoms with E-state index >= 15 is 0 Å².